The van der Waals surface area contributed by atoms with Gasteiger partial charge in [0.15, 0.2) is 0 Å². The van der Waals surface area contributed by atoms with Gasteiger partial charge < -0.3 is 19.8 Å². The fraction of sp³-hybridized carbons (Fsp3) is 0.476. The van der Waals surface area contributed by atoms with Crippen molar-refractivity contribution in [3.63, 3.8) is 0 Å². The monoisotopic (exact) mass is 642 g/mol. The first-order valence-electron chi connectivity index (χ1n) is 17.7. The van der Waals surface area contributed by atoms with Crippen LogP contribution in [0.2, 0.25) is 0 Å². The normalized spacial score (nSPS) is 21.1. The molecule has 0 unspecified atom stereocenters. The summed E-state index contributed by atoms with van der Waals surface area (Å²) in [6.07, 6.45) is 5.93. The van der Waals surface area contributed by atoms with E-state index < -0.39 is 5.97 Å². The van der Waals surface area contributed by atoms with E-state index in [1.807, 2.05) is 18.2 Å². The average molecular weight is 643 g/mol. The minimum absolute atomic E-state index is 0.0429. The molecule has 0 saturated carbocycles. The maximum absolute atomic E-state index is 11.6. The van der Waals surface area contributed by atoms with Crippen LogP contribution in [0.1, 0.15) is 109 Å². The molecule has 0 bridgehead atoms. The number of carboxylic acids is 1. The quantitative estimate of drug-likeness (QED) is 0.221. The molecule has 6 nitrogen and oxygen atoms in total. The van der Waals surface area contributed by atoms with Crippen molar-refractivity contribution < 1.29 is 9.90 Å². The Balaban J connectivity index is 1.50. The van der Waals surface area contributed by atoms with Gasteiger partial charge in [-0.25, -0.2) is 4.79 Å². The molecule has 0 spiro atoms. The fourth-order valence-electron chi connectivity index (χ4n) is 8.58. The lowest BCUT2D eigenvalue weighted by Crippen LogP contribution is -2.45. The molecule has 1 N–H and O–H groups in total. The first kappa shape index (κ1) is 32.3. The van der Waals surface area contributed by atoms with Gasteiger partial charge in [-0.1, -0.05) is 67.5 Å². The third-order valence-electron chi connectivity index (χ3n) is 12.1. The van der Waals surface area contributed by atoms with Gasteiger partial charge in [-0.3, -0.25) is 0 Å². The van der Waals surface area contributed by atoms with Crippen molar-refractivity contribution in [3.8, 4) is 6.07 Å². The second-order valence-electron chi connectivity index (χ2n) is 17.2. The van der Waals surface area contributed by atoms with E-state index >= 15 is 0 Å². The molecule has 0 radical (unpaired) electrons. The third kappa shape index (κ3) is 5.18. The number of anilines is 5. The van der Waals surface area contributed by atoms with Gasteiger partial charge in [-0.15, -0.1) is 0 Å². The molecule has 0 saturated heterocycles. The molecule has 6 heteroatoms. The Kier molecular flexibility index (Phi) is 7.33. The Morgan fingerprint density at radius 1 is 0.667 bits per heavy atom. The van der Waals surface area contributed by atoms with Crippen molar-refractivity contribution >= 4 is 40.5 Å². The second-order valence-corrected chi connectivity index (χ2v) is 17.2. The first-order chi connectivity index (χ1) is 22.5. The highest BCUT2D eigenvalue weighted by atomic mass is 16.4. The Labute approximate surface area is 286 Å². The number of rotatable bonds is 5. The molecule has 3 aromatic rings. The van der Waals surface area contributed by atoms with Crippen LogP contribution in [0.5, 0.6) is 0 Å². The lowest BCUT2D eigenvalue weighted by atomic mass is 9.69. The van der Waals surface area contributed by atoms with Gasteiger partial charge in [0.25, 0.3) is 0 Å². The highest BCUT2D eigenvalue weighted by Gasteiger charge is 2.43. The molecule has 0 aliphatic carbocycles. The molecule has 0 aromatic heterocycles. The van der Waals surface area contributed by atoms with Crippen LogP contribution in [0.4, 0.5) is 28.4 Å². The lowest BCUT2D eigenvalue weighted by Gasteiger charge is -2.49. The predicted octanol–water partition coefficient (Wildman–Crippen LogP) is 9.49. The van der Waals surface area contributed by atoms with E-state index in [2.05, 4.69) is 106 Å². The number of nitriles is 1. The lowest BCUT2D eigenvalue weighted by molar-refractivity contribution is -0.132. The van der Waals surface area contributed by atoms with Gasteiger partial charge in [-0.2, -0.15) is 5.26 Å². The van der Waals surface area contributed by atoms with Crippen molar-refractivity contribution in [1.29, 1.82) is 5.26 Å². The van der Waals surface area contributed by atoms with Gasteiger partial charge in [0, 0.05) is 54.6 Å². The van der Waals surface area contributed by atoms with Crippen molar-refractivity contribution in [2.75, 3.05) is 40.9 Å². The van der Waals surface area contributed by atoms with Gasteiger partial charge in [0.1, 0.15) is 11.6 Å². The standard InChI is InChI=1S/C42H50N4O2/c1-39(2)13-17-44-18-14-40(3,4)33-23-30(22-32(39)36(33)44)46(29-11-9-27(10-12-29)21-28(26-43)38(47)48)31-24-34-37-35(25-31)42(7,8)16-20-45(37)19-15-41(34,5)6/h9-12,21-25H,13-20H2,1-8H3,(H,47,48)/b28-21+. The zero-order valence-electron chi connectivity index (χ0n) is 30.0. The van der Waals surface area contributed by atoms with Crippen LogP contribution in [0.25, 0.3) is 6.08 Å². The van der Waals surface area contributed by atoms with Crippen molar-refractivity contribution in [2.24, 2.45) is 0 Å². The topological polar surface area (TPSA) is 70.8 Å². The third-order valence-corrected chi connectivity index (χ3v) is 12.1. The van der Waals surface area contributed by atoms with Gasteiger partial charge >= 0.3 is 5.97 Å². The second kappa shape index (κ2) is 10.9. The van der Waals surface area contributed by atoms with Crippen LogP contribution < -0.4 is 14.7 Å². The number of nitrogens with zero attached hydrogens (tertiary/aromatic N) is 4. The molecular formula is C42H50N4O2. The number of carboxylic acid groups (broad SMARTS) is 1. The Hall–Kier alpha value is -4.24. The molecule has 4 aliphatic rings. The Morgan fingerprint density at radius 2 is 1.02 bits per heavy atom. The van der Waals surface area contributed by atoms with E-state index in [1.165, 1.54) is 39.7 Å². The first-order valence-corrected chi connectivity index (χ1v) is 17.7. The molecule has 4 aliphatic heterocycles. The smallest absolute Gasteiger partial charge is 0.346 e. The highest BCUT2D eigenvalue weighted by Crippen LogP contribution is 2.54. The van der Waals surface area contributed by atoms with E-state index in [4.69, 9.17) is 0 Å². The van der Waals surface area contributed by atoms with E-state index in [1.54, 1.807) is 0 Å². The molecular weight excluding hydrogens is 592 g/mol. The van der Waals surface area contributed by atoms with Crippen LogP contribution in [-0.2, 0) is 26.5 Å². The molecule has 7 rings (SSSR count). The molecule has 3 aromatic carbocycles. The van der Waals surface area contributed by atoms with Gasteiger partial charge in [0.05, 0.1) is 0 Å². The Morgan fingerprint density at radius 3 is 1.33 bits per heavy atom. The zero-order valence-corrected chi connectivity index (χ0v) is 30.0. The maximum Gasteiger partial charge on any atom is 0.346 e. The molecule has 0 atom stereocenters. The van der Waals surface area contributed by atoms with Crippen LogP contribution in [0, 0.1) is 11.3 Å². The number of hydrogen-bond acceptors (Lipinski definition) is 5. The maximum atomic E-state index is 11.6. The average Bonchev–Trinajstić information content (AvgIpc) is 3.02. The summed E-state index contributed by atoms with van der Waals surface area (Å²) in [5.41, 5.74) is 12.5. The fourth-order valence-corrected chi connectivity index (χ4v) is 8.58. The predicted molar refractivity (Wildman–Crippen MR) is 197 cm³/mol. The summed E-state index contributed by atoms with van der Waals surface area (Å²) in [6, 6.07) is 19.6. The SMILES string of the molecule is CC1(C)CCN2CCC(C)(C)c3cc(N(c4ccc(/C=C(\C#N)C(=O)O)cc4)c4cc5c6c(c4)C(C)(C)CCN6CCC5(C)C)cc1c32. The molecule has 4 heterocycles. The van der Waals surface area contributed by atoms with Crippen LogP contribution in [-0.4, -0.2) is 37.3 Å². The number of hydrogen-bond donors (Lipinski definition) is 1. The van der Waals surface area contributed by atoms with Crippen LogP contribution in [0.3, 0.4) is 0 Å². The Bertz CT molecular complexity index is 1710. The molecule has 250 valence electrons. The minimum Gasteiger partial charge on any atom is -0.477 e. The zero-order chi connectivity index (χ0) is 34.4. The van der Waals surface area contributed by atoms with Crippen LogP contribution >= 0.6 is 0 Å². The van der Waals surface area contributed by atoms with Crippen LogP contribution in [0.15, 0.2) is 54.1 Å². The summed E-state index contributed by atoms with van der Waals surface area (Å²) in [5, 5.41) is 18.9. The molecule has 0 amide bonds. The summed E-state index contributed by atoms with van der Waals surface area (Å²) in [6.45, 7) is 23.6. The van der Waals surface area contributed by atoms with E-state index in [9.17, 15) is 15.2 Å². The summed E-state index contributed by atoms with van der Waals surface area (Å²) in [7, 11) is 0. The van der Waals surface area contributed by atoms with Crippen molar-refractivity contribution in [1.82, 2.24) is 0 Å². The molecule has 48 heavy (non-hydrogen) atoms. The van der Waals surface area contributed by atoms with E-state index in [0.717, 1.165) is 68.9 Å². The number of carbonyl (C=O) groups is 1. The van der Waals surface area contributed by atoms with E-state index in [-0.39, 0.29) is 27.2 Å². The molecule has 0 fully saturated rings. The van der Waals surface area contributed by atoms with Crippen molar-refractivity contribution in [3.05, 3.63) is 81.9 Å². The number of aliphatic carboxylic acids is 1. The van der Waals surface area contributed by atoms with Gasteiger partial charge in [-0.05, 0) is 118 Å². The minimum atomic E-state index is -1.21. The highest BCUT2D eigenvalue weighted by molar-refractivity contribution is 5.96. The number of benzene rings is 3. The summed E-state index contributed by atoms with van der Waals surface area (Å²) in [4.78, 5) is 19.3. The van der Waals surface area contributed by atoms with Gasteiger partial charge in [0.2, 0.25) is 0 Å². The summed E-state index contributed by atoms with van der Waals surface area (Å²) < 4.78 is 0. The summed E-state index contributed by atoms with van der Waals surface area (Å²) in [5.74, 6) is -1.21. The summed E-state index contributed by atoms with van der Waals surface area (Å²) >= 11 is 0. The largest absolute Gasteiger partial charge is 0.477 e. The van der Waals surface area contributed by atoms with Crippen molar-refractivity contribution in [2.45, 2.75) is 103 Å². The van der Waals surface area contributed by atoms with E-state index in [0.29, 0.717) is 5.56 Å².